The molecule has 1 aliphatic carbocycles. The topological polar surface area (TPSA) is 44.6 Å². The van der Waals surface area contributed by atoms with E-state index in [1.54, 1.807) is 11.8 Å². The van der Waals surface area contributed by atoms with Gasteiger partial charge >= 0.3 is 0 Å². The molecule has 2 N–H and O–H groups in total. The first-order valence-electron chi connectivity index (χ1n) is 6.94. The summed E-state index contributed by atoms with van der Waals surface area (Å²) >= 11 is 1.67. The van der Waals surface area contributed by atoms with Crippen LogP contribution in [0.25, 0.3) is 0 Å². The summed E-state index contributed by atoms with van der Waals surface area (Å²) in [6.07, 6.45) is 8.97. The molecule has 1 fully saturated rings. The van der Waals surface area contributed by atoms with E-state index in [1.165, 1.54) is 38.5 Å². The zero-order valence-corrected chi connectivity index (χ0v) is 11.3. The molecule has 17 heavy (non-hydrogen) atoms. The number of aliphatic imine (C=N–C) groups is 1. The fraction of sp³-hybridized carbons (Fsp3) is 0.923. The van der Waals surface area contributed by atoms with Crippen LogP contribution in [-0.4, -0.2) is 35.2 Å². The van der Waals surface area contributed by atoms with Crippen molar-refractivity contribution < 1.29 is 5.11 Å². The molecule has 0 aromatic carbocycles. The Morgan fingerprint density at radius 2 is 2.06 bits per heavy atom. The lowest BCUT2D eigenvalue weighted by molar-refractivity contribution is 0.159. The normalized spacial score (nSPS) is 23.9. The molecule has 0 bridgehead atoms. The molecule has 1 saturated carbocycles. The molecule has 4 heteroatoms. The monoisotopic (exact) mass is 256 g/mol. The van der Waals surface area contributed by atoms with E-state index in [4.69, 9.17) is 0 Å². The minimum atomic E-state index is -0.159. The van der Waals surface area contributed by atoms with E-state index in [0.717, 1.165) is 36.3 Å². The van der Waals surface area contributed by atoms with Crippen LogP contribution in [0.4, 0.5) is 0 Å². The third kappa shape index (κ3) is 4.88. The van der Waals surface area contributed by atoms with Gasteiger partial charge in [0.05, 0.1) is 12.6 Å². The van der Waals surface area contributed by atoms with Gasteiger partial charge in [-0.3, -0.25) is 4.99 Å². The molecule has 98 valence electrons. The van der Waals surface area contributed by atoms with Crippen molar-refractivity contribution >= 4 is 16.9 Å². The van der Waals surface area contributed by atoms with Crippen LogP contribution in [0, 0.1) is 5.92 Å². The van der Waals surface area contributed by atoms with Crippen molar-refractivity contribution in [1.82, 2.24) is 5.32 Å². The molecule has 1 unspecified atom stereocenters. The van der Waals surface area contributed by atoms with Crippen LogP contribution in [0.2, 0.25) is 0 Å². The minimum absolute atomic E-state index is 0.159. The molecule has 0 saturated heterocycles. The molecule has 2 rings (SSSR count). The highest BCUT2D eigenvalue weighted by Gasteiger charge is 2.17. The fourth-order valence-electron chi connectivity index (χ4n) is 2.70. The van der Waals surface area contributed by atoms with Crippen molar-refractivity contribution in [1.29, 1.82) is 0 Å². The number of thioether (sulfide) groups is 1. The largest absolute Gasteiger partial charge is 0.392 e. The molecule has 0 amide bonds. The van der Waals surface area contributed by atoms with Gasteiger partial charge in [0.2, 0.25) is 0 Å². The second-order valence-corrected chi connectivity index (χ2v) is 6.18. The number of amidine groups is 1. The average molecular weight is 256 g/mol. The molecule has 2 aliphatic rings. The maximum absolute atomic E-state index is 10.0. The number of rotatable bonds is 4. The first-order chi connectivity index (χ1) is 8.34. The Bertz CT molecular complexity index is 250. The molecule has 1 heterocycles. The summed E-state index contributed by atoms with van der Waals surface area (Å²) in [6, 6.07) is 0. The van der Waals surface area contributed by atoms with E-state index < -0.39 is 0 Å². The predicted octanol–water partition coefficient (Wildman–Crippen LogP) is 2.40. The van der Waals surface area contributed by atoms with Gasteiger partial charge in [-0.15, -0.1) is 0 Å². The number of aliphatic hydroxyl groups excluding tert-OH is 1. The summed E-state index contributed by atoms with van der Waals surface area (Å²) in [7, 11) is 0. The smallest absolute Gasteiger partial charge is 0.156 e. The second-order valence-electron chi connectivity index (χ2n) is 5.17. The molecule has 0 spiro atoms. The van der Waals surface area contributed by atoms with Crippen molar-refractivity contribution in [3.05, 3.63) is 0 Å². The Labute approximate surface area is 108 Å². The van der Waals surface area contributed by atoms with E-state index in [-0.39, 0.29) is 6.10 Å². The van der Waals surface area contributed by atoms with E-state index in [1.807, 2.05) is 0 Å². The van der Waals surface area contributed by atoms with Gasteiger partial charge < -0.3 is 10.4 Å². The van der Waals surface area contributed by atoms with Gasteiger partial charge in [-0.25, -0.2) is 0 Å². The highest BCUT2D eigenvalue weighted by atomic mass is 32.2. The first kappa shape index (κ1) is 13.2. The molecule has 0 radical (unpaired) electrons. The number of nitrogens with zero attached hydrogens (tertiary/aromatic N) is 1. The first-order valence-corrected chi connectivity index (χ1v) is 7.92. The van der Waals surface area contributed by atoms with Crippen LogP contribution in [-0.2, 0) is 0 Å². The van der Waals surface area contributed by atoms with Crippen LogP contribution in [0.3, 0.4) is 0 Å². The van der Waals surface area contributed by atoms with Gasteiger partial charge in [0, 0.05) is 12.3 Å². The lowest BCUT2D eigenvalue weighted by Gasteiger charge is -2.18. The van der Waals surface area contributed by atoms with Crippen molar-refractivity contribution in [3.63, 3.8) is 0 Å². The lowest BCUT2D eigenvalue weighted by atomic mass is 9.94. The van der Waals surface area contributed by atoms with Crippen molar-refractivity contribution in [2.24, 2.45) is 10.9 Å². The van der Waals surface area contributed by atoms with Gasteiger partial charge in [-0.1, -0.05) is 50.3 Å². The summed E-state index contributed by atoms with van der Waals surface area (Å²) in [5.41, 5.74) is 0. The minimum Gasteiger partial charge on any atom is -0.392 e. The average Bonchev–Trinajstić information content (AvgIpc) is 2.72. The van der Waals surface area contributed by atoms with Gasteiger partial charge in [0.15, 0.2) is 5.17 Å². The zero-order chi connectivity index (χ0) is 11.9. The fourth-order valence-corrected chi connectivity index (χ4v) is 3.57. The second kappa shape index (κ2) is 7.27. The van der Waals surface area contributed by atoms with E-state index in [2.05, 4.69) is 10.3 Å². The summed E-state index contributed by atoms with van der Waals surface area (Å²) in [5.74, 6) is 1.55. The highest BCUT2D eigenvalue weighted by molar-refractivity contribution is 8.13. The molecule has 1 atom stereocenters. The van der Waals surface area contributed by atoms with Crippen molar-refractivity contribution in [2.75, 3.05) is 18.8 Å². The summed E-state index contributed by atoms with van der Waals surface area (Å²) < 4.78 is 0. The predicted molar refractivity (Wildman–Crippen MR) is 74.6 cm³/mol. The lowest BCUT2D eigenvalue weighted by Crippen LogP contribution is -2.20. The summed E-state index contributed by atoms with van der Waals surface area (Å²) in [5, 5.41) is 14.3. The van der Waals surface area contributed by atoms with Crippen molar-refractivity contribution in [3.8, 4) is 0 Å². The van der Waals surface area contributed by atoms with E-state index >= 15 is 0 Å². The van der Waals surface area contributed by atoms with E-state index in [0.29, 0.717) is 0 Å². The molecule has 3 nitrogen and oxygen atoms in total. The molecular weight excluding hydrogens is 232 g/mol. The maximum atomic E-state index is 10.0. The summed E-state index contributed by atoms with van der Waals surface area (Å²) in [6.45, 7) is 1.85. The van der Waals surface area contributed by atoms with Crippen LogP contribution >= 0.6 is 11.8 Å². The van der Waals surface area contributed by atoms with Gasteiger partial charge in [-0.2, -0.15) is 0 Å². The van der Waals surface area contributed by atoms with Crippen LogP contribution in [0.5, 0.6) is 0 Å². The van der Waals surface area contributed by atoms with Crippen LogP contribution in [0.15, 0.2) is 4.99 Å². The van der Waals surface area contributed by atoms with Gasteiger partial charge in [-0.05, 0) is 12.3 Å². The standard InChI is InChI=1S/C13H24N2OS/c16-12(10-17-13-14-7-8-15-13)9-11-5-3-1-2-4-6-11/h11-12,16H,1-10H2,(H,14,15). The van der Waals surface area contributed by atoms with E-state index in [9.17, 15) is 5.11 Å². The van der Waals surface area contributed by atoms with Gasteiger partial charge in [0.1, 0.15) is 0 Å². The van der Waals surface area contributed by atoms with Crippen LogP contribution in [0.1, 0.15) is 44.9 Å². The Hall–Kier alpha value is -0.220. The molecular formula is C13H24N2OS. The quantitative estimate of drug-likeness (QED) is 0.759. The third-order valence-electron chi connectivity index (χ3n) is 3.64. The molecule has 0 aromatic heterocycles. The van der Waals surface area contributed by atoms with Crippen molar-refractivity contribution in [2.45, 2.75) is 51.0 Å². The van der Waals surface area contributed by atoms with Gasteiger partial charge in [0.25, 0.3) is 0 Å². The molecule has 1 aliphatic heterocycles. The number of nitrogens with one attached hydrogen (secondary N) is 1. The molecule has 0 aromatic rings. The summed E-state index contributed by atoms with van der Waals surface area (Å²) in [4.78, 5) is 4.33. The maximum Gasteiger partial charge on any atom is 0.156 e. The van der Waals surface area contributed by atoms with Crippen LogP contribution < -0.4 is 5.32 Å². The third-order valence-corrected chi connectivity index (χ3v) is 4.73. The highest BCUT2D eigenvalue weighted by Crippen LogP contribution is 2.27. The Kier molecular flexibility index (Phi) is 5.65. The number of hydrogen-bond acceptors (Lipinski definition) is 4. The Morgan fingerprint density at radius 3 is 2.71 bits per heavy atom. The SMILES string of the molecule is OC(CSC1=NCCN1)CC1CCCCCC1. The Morgan fingerprint density at radius 1 is 1.29 bits per heavy atom. The number of hydrogen-bond donors (Lipinski definition) is 2. The Balaban J connectivity index is 1.63. The number of aliphatic hydroxyl groups is 1. The zero-order valence-electron chi connectivity index (χ0n) is 10.5.